The van der Waals surface area contributed by atoms with E-state index in [1.165, 1.54) is 0 Å². The fourth-order valence-corrected chi connectivity index (χ4v) is 1.66. The zero-order valence-electron chi connectivity index (χ0n) is 8.42. The topological polar surface area (TPSA) is 45.0 Å². The molecule has 3 nitrogen and oxygen atoms in total. The van der Waals surface area contributed by atoms with Gasteiger partial charge in [-0.2, -0.15) is 5.26 Å². The maximum absolute atomic E-state index is 8.55. The van der Waals surface area contributed by atoms with Crippen molar-refractivity contribution >= 4 is 0 Å². The summed E-state index contributed by atoms with van der Waals surface area (Å²) in [6.07, 6.45) is 4.28. The molecule has 1 fully saturated rings. The smallest absolute Gasteiger partial charge is 0.0638 e. The Morgan fingerprint density at radius 1 is 1.62 bits per heavy atom. The molecule has 0 aromatic heterocycles. The molecule has 1 atom stereocenters. The second-order valence-corrected chi connectivity index (χ2v) is 3.66. The van der Waals surface area contributed by atoms with Crippen LogP contribution in [0.15, 0.2) is 0 Å². The summed E-state index contributed by atoms with van der Waals surface area (Å²) >= 11 is 0. The first-order chi connectivity index (χ1) is 6.30. The highest BCUT2D eigenvalue weighted by Gasteiger charge is 2.29. The van der Waals surface area contributed by atoms with Crippen LogP contribution in [0.4, 0.5) is 0 Å². The van der Waals surface area contributed by atoms with E-state index in [0.717, 1.165) is 19.3 Å². The highest BCUT2D eigenvalue weighted by molar-refractivity contribution is 4.90. The van der Waals surface area contributed by atoms with Crippen molar-refractivity contribution in [1.29, 1.82) is 5.26 Å². The van der Waals surface area contributed by atoms with Crippen LogP contribution in [-0.2, 0) is 4.74 Å². The van der Waals surface area contributed by atoms with Crippen LogP contribution in [0.2, 0.25) is 0 Å². The van der Waals surface area contributed by atoms with E-state index in [9.17, 15) is 0 Å². The Morgan fingerprint density at radius 3 is 2.77 bits per heavy atom. The minimum atomic E-state index is 0.368. The molecule has 0 bridgehead atoms. The summed E-state index contributed by atoms with van der Waals surface area (Å²) < 4.78 is 5.19. The third-order valence-electron chi connectivity index (χ3n) is 2.73. The number of hydrogen-bond donors (Lipinski definition) is 1. The van der Waals surface area contributed by atoms with Gasteiger partial charge in [0.05, 0.1) is 18.6 Å². The van der Waals surface area contributed by atoms with Crippen LogP contribution in [0.3, 0.4) is 0 Å². The number of nitrogens with zero attached hydrogens (tertiary/aromatic N) is 1. The Balaban J connectivity index is 2.14. The van der Waals surface area contributed by atoms with Crippen molar-refractivity contribution in [2.45, 2.75) is 50.8 Å². The number of methoxy groups -OCH3 is 1. The lowest BCUT2D eigenvalue weighted by Crippen LogP contribution is -2.48. The van der Waals surface area contributed by atoms with Gasteiger partial charge in [0.2, 0.25) is 0 Å². The van der Waals surface area contributed by atoms with E-state index in [4.69, 9.17) is 10.00 Å². The normalized spacial score (nSPS) is 29.0. The van der Waals surface area contributed by atoms with E-state index in [-0.39, 0.29) is 0 Å². The average Bonchev–Trinajstić information content (AvgIpc) is 2.08. The predicted molar refractivity (Wildman–Crippen MR) is 51.3 cm³/mol. The van der Waals surface area contributed by atoms with Crippen LogP contribution in [0.5, 0.6) is 0 Å². The number of nitriles is 1. The van der Waals surface area contributed by atoms with Gasteiger partial charge < -0.3 is 10.1 Å². The van der Waals surface area contributed by atoms with Crippen molar-refractivity contribution in [2.75, 3.05) is 7.11 Å². The van der Waals surface area contributed by atoms with Crippen molar-refractivity contribution in [2.24, 2.45) is 0 Å². The van der Waals surface area contributed by atoms with E-state index < -0.39 is 0 Å². The van der Waals surface area contributed by atoms with E-state index in [1.54, 1.807) is 7.11 Å². The number of ether oxygens (including phenoxy) is 1. The molecule has 0 heterocycles. The van der Waals surface area contributed by atoms with Gasteiger partial charge in [0.1, 0.15) is 0 Å². The van der Waals surface area contributed by atoms with Gasteiger partial charge >= 0.3 is 0 Å². The lowest BCUT2D eigenvalue weighted by Gasteiger charge is -2.36. The Hall–Kier alpha value is -0.590. The SMILES string of the molecule is CCC(CC#N)NC1CC(OC)C1. The van der Waals surface area contributed by atoms with Crippen LogP contribution in [0.25, 0.3) is 0 Å². The molecule has 1 saturated carbocycles. The molecule has 1 aliphatic carbocycles. The fourth-order valence-electron chi connectivity index (χ4n) is 1.66. The molecule has 0 saturated heterocycles. The first-order valence-electron chi connectivity index (χ1n) is 4.96. The van der Waals surface area contributed by atoms with Gasteiger partial charge in [-0.15, -0.1) is 0 Å². The summed E-state index contributed by atoms with van der Waals surface area (Å²) in [4.78, 5) is 0. The maximum atomic E-state index is 8.55. The minimum Gasteiger partial charge on any atom is -0.381 e. The summed E-state index contributed by atoms with van der Waals surface area (Å²) in [5.41, 5.74) is 0. The molecule has 1 aliphatic rings. The van der Waals surface area contributed by atoms with Crippen LogP contribution < -0.4 is 5.32 Å². The van der Waals surface area contributed by atoms with Crippen LogP contribution in [0, 0.1) is 11.3 Å². The van der Waals surface area contributed by atoms with Gasteiger partial charge in [-0.05, 0) is 19.3 Å². The molecule has 1 unspecified atom stereocenters. The van der Waals surface area contributed by atoms with Crippen molar-refractivity contribution in [3.63, 3.8) is 0 Å². The van der Waals surface area contributed by atoms with Gasteiger partial charge in [-0.3, -0.25) is 0 Å². The number of rotatable bonds is 5. The molecule has 0 aromatic rings. The summed E-state index contributed by atoms with van der Waals surface area (Å²) in [6.45, 7) is 2.11. The summed E-state index contributed by atoms with van der Waals surface area (Å²) in [5.74, 6) is 0. The third-order valence-corrected chi connectivity index (χ3v) is 2.73. The zero-order chi connectivity index (χ0) is 9.68. The third kappa shape index (κ3) is 2.98. The molecule has 0 spiro atoms. The largest absolute Gasteiger partial charge is 0.381 e. The first kappa shape index (κ1) is 10.5. The monoisotopic (exact) mass is 182 g/mol. The Labute approximate surface area is 80.1 Å². The highest BCUT2D eigenvalue weighted by Crippen LogP contribution is 2.23. The fraction of sp³-hybridized carbons (Fsp3) is 0.900. The van der Waals surface area contributed by atoms with Crippen LogP contribution in [0.1, 0.15) is 32.6 Å². The zero-order valence-corrected chi connectivity index (χ0v) is 8.42. The maximum Gasteiger partial charge on any atom is 0.0638 e. The van der Waals surface area contributed by atoms with Crippen LogP contribution in [-0.4, -0.2) is 25.3 Å². The van der Waals surface area contributed by atoms with Crippen molar-refractivity contribution in [1.82, 2.24) is 5.32 Å². The van der Waals surface area contributed by atoms with E-state index in [0.29, 0.717) is 24.6 Å². The number of hydrogen-bond acceptors (Lipinski definition) is 3. The second kappa shape index (κ2) is 5.21. The lowest BCUT2D eigenvalue weighted by atomic mass is 9.88. The second-order valence-electron chi connectivity index (χ2n) is 3.66. The van der Waals surface area contributed by atoms with Gasteiger partial charge in [0, 0.05) is 19.2 Å². The molecule has 0 aliphatic heterocycles. The molecule has 0 aromatic carbocycles. The van der Waals surface area contributed by atoms with E-state index in [2.05, 4.69) is 18.3 Å². The lowest BCUT2D eigenvalue weighted by molar-refractivity contribution is 0.0142. The Morgan fingerprint density at radius 2 is 2.31 bits per heavy atom. The van der Waals surface area contributed by atoms with Crippen LogP contribution >= 0.6 is 0 Å². The summed E-state index contributed by atoms with van der Waals surface area (Å²) in [6, 6.07) is 3.14. The van der Waals surface area contributed by atoms with Crippen molar-refractivity contribution in [3.8, 4) is 6.07 Å². The highest BCUT2D eigenvalue weighted by atomic mass is 16.5. The van der Waals surface area contributed by atoms with Gasteiger partial charge in [0.15, 0.2) is 0 Å². The van der Waals surface area contributed by atoms with Gasteiger partial charge in [0.25, 0.3) is 0 Å². The van der Waals surface area contributed by atoms with Crippen molar-refractivity contribution < 1.29 is 4.74 Å². The summed E-state index contributed by atoms with van der Waals surface area (Å²) in [7, 11) is 1.76. The molecule has 0 amide bonds. The molecular formula is C10H18N2O. The predicted octanol–water partition coefficient (Wildman–Crippen LogP) is 1.45. The molecule has 13 heavy (non-hydrogen) atoms. The minimum absolute atomic E-state index is 0.368. The molecule has 0 radical (unpaired) electrons. The Bertz CT molecular complexity index is 182. The number of nitrogens with one attached hydrogen (secondary N) is 1. The molecule has 1 N–H and O–H groups in total. The summed E-state index contributed by atoms with van der Waals surface area (Å²) in [5, 5.41) is 12.0. The van der Waals surface area contributed by atoms with Gasteiger partial charge in [-0.25, -0.2) is 0 Å². The average molecular weight is 182 g/mol. The standard InChI is InChI=1S/C10H18N2O/c1-3-8(4-5-11)12-9-6-10(7-9)13-2/h8-10,12H,3-4,6-7H2,1-2H3. The quantitative estimate of drug-likeness (QED) is 0.700. The molecule has 3 heteroatoms. The van der Waals surface area contributed by atoms with Gasteiger partial charge in [-0.1, -0.05) is 6.92 Å². The molecular weight excluding hydrogens is 164 g/mol. The Kier molecular flexibility index (Phi) is 4.20. The van der Waals surface area contributed by atoms with E-state index in [1.807, 2.05) is 0 Å². The molecule has 1 rings (SSSR count). The van der Waals surface area contributed by atoms with Crippen molar-refractivity contribution in [3.05, 3.63) is 0 Å². The van der Waals surface area contributed by atoms with E-state index >= 15 is 0 Å². The molecule has 74 valence electrons. The first-order valence-corrected chi connectivity index (χ1v) is 4.96.